The molecule has 0 amide bonds. The third kappa shape index (κ3) is 2.44. The van der Waals surface area contributed by atoms with Gasteiger partial charge in [-0.05, 0) is 48.9 Å². The minimum absolute atomic E-state index is 0.0623. The number of aliphatic imine (C=N–C) groups is 1. The van der Waals surface area contributed by atoms with E-state index < -0.39 is 10.0 Å². The molecule has 0 spiro atoms. The van der Waals surface area contributed by atoms with Gasteiger partial charge in [0, 0.05) is 28.6 Å². The number of benzene rings is 1. The Balaban J connectivity index is 1.81. The number of rotatable bonds is 1. The average molecular weight is 328 g/mol. The fourth-order valence-electron chi connectivity index (χ4n) is 3.27. The Morgan fingerprint density at radius 1 is 1.17 bits per heavy atom. The van der Waals surface area contributed by atoms with Crippen LogP contribution in [0.1, 0.15) is 0 Å². The van der Waals surface area contributed by atoms with Gasteiger partial charge in [0.2, 0.25) is 0 Å². The SMILES string of the molecule is CS1(C)C2=CC(=O)C=CC2=Nc2ccc(N3CCOCC3)cc21. The van der Waals surface area contributed by atoms with Crippen LogP contribution in [0, 0.1) is 0 Å². The molecule has 1 aromatic rings. The zero-order valence-electron chi connectivity index (χ0n) is 13.4. The van der Waals surface area contributed by atoms with Crippen molar-refractivity contribution >= 4 is 32.9 Å². The summed E-state index contributed by atoms with van der Waals surface area (Å²) in [7, 11) is -1.24. The zero-order chi connectivity index (χ0) is 16.0. The Morgan fingerprint density at radius 3 is 2.74 bits per heavy atom. The Bertz CT molecular complexity index is 771. The second-order valence-electron chi connectivity index (χ2n) is 6.32. The van der Waals surface area contributed by atoms with Crippen molar-refractivity contribution < 1.29 is 9.53 Å². The van der Waals surface area contributed by atoms with Crippen molar-refractivity contribution in [2.45, 2.75) is 4.90 Å². The van der Waals surface area contributed by atoms with E-state index in [1.807, 2.05) is 6.08 Å². The maximum Gasteiger partial charge on any atom is 0.179 e. The number of hydrogen-bond acceptors (Lipinski definition) is 4. The molecule has 1 aromatic carbocycles. The van der Waals surface area contributed by atoms with Gasteiger partial charge < -0.3 is 9.64 Å². The molecule has 120 valence electrons. The van der Waals surface area contributed by atoms with Crippen molar-refractivity contribution in [1.29, 1.82) is 0 Å². The van der Waals surface area contributed by atoms with E-state index in [1.165, 1.54) is 10.6 Å². The summed E-state index contributed by atoms with van der Waals surface area (Å²) in [4.78, 5) is 21.3. The van der Waals surface area contributed by atoms with Crippen molar-refractivity contribution in [3.63, 3.8) is 0 Å². The Labute approximate surface area is 137 Å². The van der Waals surface area contributed by atoms with E-state index in [9.17, 15) is 4.79 Å². The van der Waals surface area contributed by atoms with E-state index in [0.29, 0.717) is 0 Å². The first-order valence-electron chi connectivity index (χ1n) is 7.79. The molecule has 0 unspecified atom stereocenters. The summed E-state index contributed by atoms with van der Waals surface area (Å²) in [6.07, 6.45) is 9.72. The Morgan fingerprint density at radius 2 is 1.96 bits per heavy atom. The van der Waals surface area contributed by atoms with Gasteiger partial charge >= 0.3 is 0 Å². The Kier molecular flexibility index (Phi) is 3.43. The lowest BCUT2D eigenvalue weighted by Crippen LogP contribution is -2.36. The van der Waals surface area contributed by atoms with Crippen LogP contribution in [0.25, 0.3) is 0 Å². The molecule has 3 aliphatic rings. The third-order valence-corrected chi connectivity index (χ3v) is 7.44. The van der Waals surface area contributed by atoms with E-state index in [2.05, 4.69) is 35.6 Å². The molecule has 0 radical (unpaired) electrons. The number of fused-ring (bicyclic) bond motifs is 2. The van der Waals surface area contributed by atoms with Gasteiger partial charge in [0.15, 0.2) is 5.78 Å². The van der Waals surface area contributed by atoms with Gasteiger partial charge in [-0.1, -0.05) is 0 Å². The molecular weight excluding hydrogens is 308 g/mol. The molecule has 0 aromatic heterocycles. The number of allylic oxidation sites excluding steroid dienone is 4. The number of ketones is 1. The molecular formula is C18H20N2O2S. The highest BCUT2D eigenvalue weighted by Crippen LogP contribution is 2.63. The number of carbonyl (C=O) groups is 1. The van der Waals surface area contributed by atoms with Gasteiger partial charge in [-0.2, -0.15) is 10.0 Å². The summed E-state index contributed by atoms with van der Waals surface area (Å²) in [5, 5.41) is 0. The lowest BCUT2D eigenvalue weighted by molar-refractivity contribution is -0.110. The quantitative estimate of drug-likeness (QED) is 0.744. The fraction of sp³-hybridized carbons (Fsp3) is 0.333. The molecule has 1 aliphatic carbocycles. The first-order valence-corrected chi connectivity index (χ1v) is 10.2. The van der Waals surface area contributed by atoms with Gasteiger partial charge in [-0.3, -0.25) is 4.79 Å². The predicted molar refractivity (Wildman–Crippen MR) is 96.5 cm³/mol. The number of anilines is 1. The van der Waals surface area contributed by atoms with Crippen molar-refractivity contribution in [1.82, 2.24) is 0 Å². The van der Waals surface area contributed by atoms with E-state index in [0.717, 1.165) is 42.6 Å². The molecule has 2 heterocycles. The summed E-state index contributed by atoms with van der Waals surface area (Å²) < 4.78 is 5.44. The van der Waals surface area contributed by atoms with Gasteiger partial charge in [0.05, 0.1) is 24.6 Å². The van der Waals surface area contributed by atoms with E-state index in [-0.39, 0.29) is 5.78 Å². The molecule has 0 saturated carbocycles. The summed E-state index contributed by atoms with van der Waals surface area (Å²) in [5.41, 5.74) is 3.20. The molecule has 23 heavy (non-hydrogen) atoms. The van der Waals surface area contributed by atoms with Crippen LogP contribution in [0.15, 0.2) is 51.2 Å². The number of ether oxygens (including phenoxy) is 1. The summed E-state index contributed by atoms with van der Waals surface area (Å²) in [6.45, 7) is 3.40. The summed E-state index contributed by atoms with van der Waals surface area (Å²) >= 11 is 0. The Hall–Kier alpha value is -1.85. The molecule has 4 rings (SSSR count). The number of hydrogen-bond donors (Lipinski definition) is 0. The van der Waals surface area contributed by atoms with E-state index in [1.54, 1.807) is 12.2 Å². The highest BCUT2D eigenvalue weighted by molar-refractivity contribution is 8.36. The number of carbonyl (C=O) groups excluding carboxylic acids is 1. The minimum atomic E-state index is -1.24. The average Bonchev–Trinajstić information content (AvgIpc) is 2.56. The molecule has 5 heteroatoms. The van der Waals surface area contributed by atoms with Crippen molar-refractivity contribution in [2.24, 2.45) is 4.99 Å². The standard InChI is InChI=1S/C18H20N2O2S/c1-23(2)17-11-13(20-7-9-22-10-8-20)3-5-15(17)19-16-6-4-14(21)12-18(16)23/h3-6,11-12H,7-10H2,1-2H3. The van der Waals surface area contributed by atoms with Crippen molar-refractivity contribution in [3.8, 4) is 0 Å². The summed E-state index contributed by atoms with van der Waals surface area (Å²) in [6, 6.07) is 6.53. The number of morpholine rings is 1. The van der Waals surface area contributed by atoms with Gasteiger partial charge in [-0.15, -0.1) is 0 Å². The summed E-state index contributed by atoms with van der Waals surface area (Å²) in [5.74, 6) is 0.0623. The normalized spacial score (nSPS) is 23.6. The van der Waals surface area contributed by atoms with Crippen LogP contribution in [-0.4, -0.2) is 50.3 Å². The topological polar surface area (TPSA) is 41.9 Å². The van der Waals surface area contributed by atoms with Gasteiger partial charge in [0.1, 0.15) is 0 Å². The molecule has 0 N–H and O–H groups in total. The van der Waals surface area contributed by atoms with E-state index in [4.69, 9.17) is 9.73 Å². The van der Waals surface area contributed by atoms with Crippen LogP contribution >= 0.6 is 10.0 Å². The largest absolute Gasteiger partial charge is 0.378 e. The number of nitrogens with zero attached hydrogens (tertiary/aromatic N) is 2. The monoisotopic (exact) mass is 328 g/mol. The molecule has 1 saturated heterocycles. The van der Waals surface area contributed by atoms with Crippen LogP contribution < -0.4 is 4.90 Å². The lowest BCUT2D eigenvalue weighted by Gasteiger charge is -2.40. The fourth-order valence-corrected chi connectivity index (χ4v) is 5.60. The molecule has 0 atom stereocenters. The second kappa shape index (κ2) is 5.35. The molecule has 2 aliphatic heterocycles. The molecule has 0 bridgehead atoms. The van der Waals surface area contributed by atoms with Crippen LogP contribution in [-0.2, 0) is 9.53 Å². The maximum absolute atomic E-state index is 11.8. The minimum Gasteiger partial charge on any atom is -0.378 e. The van der Waals surface area contributed by atoms with Crippen molar-refractivity contribution in [2.75, 3.05) is 43.7 Å². The van der Waals surface area contributed by atoms with Crippen LogP contribution in [0.2, 0.25) is 0 Å². The highest BCUT2D eigenvalue weighted by atomic mass is 32.3. The first kappa shape index (κ1) is 14.7. The van der Waals surface area contributed by atoms with Gasteiger partial charge in [-0.25, -0.2) is 4.99 Å². The van der Waals surface area contributed by atoms with E-state index >= 15 is 0 Å². The highest BCUT2D eigenvalue weighted by Gasteiger charge is 2.32. The molecule has 4 nitrogen and oxygen atoms in total. The smallest absolute Gasteiger partial charge is 0.179 e. The maximum atomic E-state index is 11.8. The van der Waals surface area contributed by atoms with Crippen molar-refractivity contribution in [3.05, 3.63) is 41.3 Å². The third-order valence-electron chi connectivity index (χ3n) is 4.59. The lowest BCUT2D eigenvalue weighted by atomic mass is 10.1. The predicted octanol–water partition coefficient (Wildman–Crippen LogP) is 3.06. The second-order valence-corrected chi connectivity index (χ2v) is 9.85. The van der Waals surface area contributed by atoms with Gasteiger partial charge in [0.25, 0.3) is 0 Å². The van der Waals surface area contributed by atoms with Crippen LogP contribution in [0.4, 0.5) is 11.4 Å². The molecule has 1 fully saturated rings. The zero-order valence-corrected chi connectivity index (χ0v) is 14.2. The van der Waals surface area contributed by atoms with Crippen LogP contribution in [0.5, 0.6) is 0 Å². The first-order chi connectivity index (χ1) is 11.1. The van der Waals surface area contributed by atoms with Crippen LogP contribution in [0.3, 0.4) is 0 Å².